The Morgan fingerprint density at radius 1 is 1.00 bits per heavy atom. The number of carbonyl (C=O) groups is 3. The van der Waals surface area contributed by atoms with E-state index in [4.69, 9.17) is 9.84 Å². The fourth-order valence-corrected chi connectivity index (χ4v) is 4.61. The zero-order chi connectivity index (χ0) is 25.3. The first-order chi connectivity index (χ1) is 16.6. The van der Waals surface area contributed by atoms with Crippen LogP contribution in [0.2, 0.25) is 0 Å². The standard InChI is InChI=1S/C26H28F2N2O5/c1-14(2)21(23(31)30-22(15-11-12-15)26(27,28)24(32)33)29-25(34)35-13-20-18-9-5-3-7-16(18)17-8-4-6-10-19(17)20/h3-10,14-15,20-22H,11-13H2,1-2H3,(H,29,34)(H,30,31)(H,32,33)/t21-,22?/m0/s1. The van der Waals surface area contributed by atoms with Crippen molar-refractivity contribution in [1.82, 2.24) is 10.6 Å². The first-order valence-electron chi connectivity index (χ1n) is 11.6. The maximum absolute atomic E-state index is 14.2. The molecule has 7 nitrogen and oxygen atoms in total. The summed E-state index contributed by atoms with van der Waals surface area (Å²) in [5.74, 6) is -8.51. The van der Waals surface area contributed by atoms with E-state index < -0.39 is 47.8 Å². The molecule has 2 aromatic rings. The number of rotatable bonds is 9. The van der Waals surface area contributed by atoms with Gasteiger partial charge in [0.25, 0.3) is 0 Å². The molecule has 0 aromatic heterocycles. The number of alkyl carbamates (subject to hydrolysis) is 1. The summed E-state index contributed by atoms with van der Waals surface area (Å²) in [5, 5.41) is 13.6. The van der Waals surface area contributed by atoms with Crippen LogP contribution in [-0.2, 0) is 14.3 Å². The van der Waals surface area contributed by atoms with E-state index in [0.29, 0.717) is 12.8 Å². The minimum absolute atomic E-state index is 0.0358. The first kappa shape index (κ1) is 24.6. The van der Waals surface area contributed by atoms with Crippen molar-refractivity contribution in [1.29, 1.82) is 0 Å². The lowest BCUT2D eigenvalue weighted by Crippen LogP contribution is -2.58. The highest BCUT2D eigenvalue weighted by Gasteiger charge is 2.55. The summed E-state index contributed by atoms with van der Waals surface area (Å²) in [7, 11) is 0. The lowest BCUT2D eigenvalue weighted by atomic mass is 9.98. The number of carbonyl (C=O) groups excluding carboxylic acids is 2. The molecular weight excluding hydrogens is 458 g/mol. The van der Waals surface area contributed by atoms with E-state index >= 15 is 0 Å². The summed E-state index contributed by atoms with van der Waals surface area (Å²) >= 11 is 0. The summed E-state index contributed by atoms with van der Waals surface area (Å²) in [6.45, 7) is 3.33. The van der Waals surface area contributed by atoms with Gasteiger partial charge in [0.1, 0.15) is 18.7 Å². The van der Waals surface area contributed by atoms with E-state index in [1.165, 1.54) is 0 Å². The number of aliphatic carboxylic acids is 1. The zero-order valence-electron chi connectivity index (χ0n) is 19.5. The molecular formula is C26H28F2N2O5. The first-order valence-corrected chi connectivity index (χ1v) is 11.6. The molecule has 9 heteroatoms. The topological polar surface area (TPSA) is 105 Å². The van der Waals surface area contributed by atoms with Crippen LogP contribution in [-0.4, -0.2) is 47.7 Å². The van der Waals surface area contributed by atoms with Gasteiger partial charge in [0.15, 0.2) is 0 Å². The van der Waals surface area contributed by atoms with Gasteiger partial charge in [-0.1, -0.05) is 62.4 Å². The Hall–Kier alpha value is -3.49. The van der Waals surface area contributed by atoms with Gasteiger partial charge in [0.05, 0.1) is 0 Å². The fourth-order valence-electron chi connectivity index (χ4n) is 4.61. The molecule has 2 amide bonds. The Balaban J connectivity index is 1.42. The molecule has 0 aliphatic heterocycles. The maximum Gasteiger partial charge on any atom is 0.407 e. The Kier molecular flexibility index (Phi) is 6.78. The van der Waals surface area contributed by atoms with Crippen LogP contribution in [0.15, 0.2) is 48.5 Å². The van der Waals surface area contributed by atoms with Crippen LogP contribution in [0.25, 0.3) is 11.1 Å². The fraction of sp³-hybridized carbons (Fsp3) is 0.423. The van der Waals surface area contributed by atoms with Crippen LogP contribution < -0.4 is 10.6 Å². The Morgan fingerprint density at radius 3 is 2.03 bits per heavy atom. The van der Waals surface area contributed by atoms with Gasteiger partial charge in [-0.05, 0) is 46.9 Å². The van der Waals surface area contributed by atoms with Crippen LogP contribution in [0.1, 0.15) is 43.7 Å². The number of hydrogen-bond donors (Lipinski definition) is 3. The minimum atomic E-state index is -4.11. The Morgan fingerprint density at radius 2 is 1.54 bits per heavy atom. The van der Waals surface area contributed by atoms with Crippen molar-refractivity contribution in [2.24, 2.45) is 11.8 Å². The summed E-state index contributed by atoms with van der Waals surface area (Å²) in [6, 6.07) is 12.7. The molecule has 35 heavy (non-hydrogen) atoms. The van der Waals surface area contributed by atoms with Gasteiger partial charge in [0.2, 0.25) is 5.91 Å². The molecule has 1 fully saturated rings. The molecule has 0 radical (unpaired) electrons. The van der Waals surface area contributed by atoms with Crippen LogP contribution >= 0.6 is 0 Å². The highest BCUT2D eigenvalue weighted by molar-refractivity contribution is 5.87. The minimum Gasteiger partial charge on any atom is -0.477 e. The molecule has 0 spiro atoms. The van der Waals surface area contributed by atoms with E-state index in [1.807, 2.05) is 48.5 Å². The van der Waals surface area contributed by atoms with Crippen molar-refractivity contribution in [2.45, 2.75) is 50.6 Å². The van der Waals surface area contributed by atoms with E-state index in [2.05, 4.69) is 10.6 Å². The zero-order valence-corrected chi connectivity index (χ0v) is 19.5. The summed E-state index contributed by atoms with van der Waals surface area (Å²) in [6.07, 6.45) is -0.0476. The highest BCUT2D eigenvalue weighted by atomic mass is 19.3. The summed E-state index contributed by atoms with van der Waals surface area (Å²) < 4.78 is 33.9. The van der Waals surface area contributed by atoms with Gasteiger partial charge in [-0.15, -0.1) is 0 Å². The molecule has 2 aliphatic rings. The predicted octanol–water partition coefficient (Wildman–Crippen LogP) is 4.16. The number of benzene rings is 2. The Bertz CT molecular complexity index is 1090. The largest absolute Gasteiger partial charge is 0.477 e. The van der Waals surface area contributed by atoms with Crippen molar-refractivity contribution < 1.29 is 33.0 Å². The molecule has 2 atom stereocenters. The number of hydrogen-bond acceptors (Lipinski definition) is 4. The van der Waals surface area contributed by atoms with Gasteiger partial charge in [-0.25, -0.2) is 9.59 Å². The number of alkyl halides is 2. The van der Waals surface area contributed by atoms with Gasteiger partial charge in [-0.2, -0.15) is 8.78 Å². The molecule has 1 saturated carbocycles. The molecule has 186 valence electrons. The molecule has 1 unspecified atom stereocenters. The van der Waals surface area contributed by atoms with Crippen molar-refractivity contribution in [3.63, 3.8) is 0 Å². The third-order valence-electron chi connectivity index (χ3n) is 6.63. The van der Waals surface area contributed by atoms with Crippen LogP contribution in [0, 0.1) is 11.8 Å². The molecule has 0 saturated heterocycles. The second-order valence-electron chi connectivity index (χ2n) is 9.44. The second-order valence-corrected chi connectivity index (χ2v) is 9.44. The summed E-state index contributed by atoms with van der Waals surface area (Å²) in [5.41, 5.74) is 4.20. The monoisotopic (exact) mass is 486 g/mol. The van der Waals surface area contributed by atoms with Gasteiger partial charge in [-0.3, -0.25) is 4.79 Å². The number of nitrogens with one attached hydrogen (secondary N) is 2. The number of ether oxygens (including phenoxy) is 1. The second kappa shape index (κ2) is 9.64. The molecule has 0 bridgehead atoms. The van der Waals surface area contributed by atoms with Crippen LogP contribution in [0.3, 0.4) is 0 Å². The third kappa shape index (κ3) is 4.99. The Labute approximate surface area is 201 Å². The third-order valence-corrected chi connectivity index (χ3v) is 6.63. The number of fused-ring (bicyclic) bond motifs is 3. The van der Waals surface area contributed by atoms with Crippen LogP contribution in [0.5, 0.6) is 0 Å². The SMILES string of the molecule is CC(C)[C@H](NC(=O)OCC1c2ccccc2-c2ccccc21)C(=O)NC(C1CC1)C(F)(F)C(=O)O. The van der Waals surface area contributed by atoms with Crippen molar-refractivity contribution in [2.75, 3.05) is 6.61 Å². The van der Waals surface area contributed by atoms with Crippen molar-refractivity contribution >= 4 is 18.0 Å². The highest BCUT2D eigenvalue weighted by Crippen LogP contribution is 2.44. The lowest BCUT2D eigenvalue weighted by molar-refractivity contribution is -0.171. The molecule has 3 N–H and O–H groups in total. The normalized spacial score (nSPS) is 16.7. The van der Waals surface area contributed by atoms with Crippen molar-refractivity contribution in [3.8, 4) is 11.1 Å². The maximum atomic E-state index is 14.2. The molecule has 4 rings (SSSR count). The smallest absolute Gasteiger partial charge is 0.407 e. The van der Waals surface area contributed by atoms with Crippen LogP contribution in [0.4, 0.5) is 13.6 Å². The van der Waals surface area contributed by atoms with Gasteiger partial charge in [0, 0.05) is 5.92 Å². The van der Waals surface area contributed by atoms with E-state index in [9.17, 15) is 23.2 Å². The number of carboxylic acid groups (broad SMARTS) is 1. The van der Waals surface area contributed by atoms with E-state index in [1.54, 1.807) is 13.8 Å². The average molecular weight is 487 g/mol. The molecule has 2 aromatic carbocycles. The number of carboxylic acids is 1. The van der Waals surface area contributed by atoms with Crippen molar-refractivity contribution in [3.05, 3.63) is 59.7 Å². The number of halogens is 2. The average Bonchev–Trinajstić information content (AvgIpc) is 3.61. The quantitative estimate of drug-likeness (QED) is 0.494. The molecule has 2 aliphatic carbocycles. The lowest BCUT2D eigenvalue weighted by Gasteiger charge is -2.28. The van der Waals surface area contributed by atoms with E-state index in [0.717, 1.165) is 22.3 Å². The summed E-state index contributed by atoms with van der Waals surface area (Å²) in [4.78, 5) is 36.5. The van der Waals surface area contributed by atoms with E-state index in [-0.39, 0.29) is 12.5 Å². The molecule has 0 heterocycles. The number of amides is 2. The van der Waals surface area contributed by atoms with Gasteiger partial charge < -0.3 is 20.5 Å². The van der Waals surface area contributed by atoms with Gasteiger partial charge >= 0.3 is 18.0 Å². The predicted molar refractivity (Wildman–Crippen MR) is 124 cm³/mol.